The van der Waals surface area contributed by atoms with E-state index in [4.69, 9.17) is 0 Å². The average molecular weight is 467 g/mol. The number of benzene rings is 1. The van der Waals surface area contributed by atoms with Crippen LogP contribution < -0.4 is 4.72 Å². The minimum atomic E-state index is -3.56. The van der Waals surface area contributed by atoms with Crippen LogP contribution in [0.3, 0.4) is 0 Å². The Morgan fingerprint density at radius 1 is 1.28 bits per heavy atom. The molecule has 4 aromatic rings. The van der Waals surface area contributed by atoms with Crippen molar-refractivity contribution in [3.05, 3.63) is 82.1 Å². The Morgan fingerprint density at radius 2 is 2.16 bits per heavy atom. The highest BCUT2D eigenvalue weighted by atomic mass is 32.2. The predicted octanol–water partition coefficient (Wildman–Crippen LogP) is 3.61. The van der Waals surface area contributed by atoms with Gasteiger partial charge < -0.3 is 9.88 Å². The lowest BCUT2D eigenvalue weighted by atomic mass is 9.94. The summed E-state index contributed by atoms with van der Waals surface area (Å²) in [6.07, 6.45) is 4.32. The molecule has 0 fully saturated rings. The Kier molecular flexibility index (Phi) is 5.32. The number of hydrogen-bond donors (Lipinski definition) is 2. The molecule has 2 N–H and O–H groups in total. The molecule has 0 saturated carbocycles. The molecule has 1 aromatic carbocycles. The molecule has 1 aliphatic rings. The molecule has 3 aromatic heterocycles. The smallest absolute Gasteiger partial charge is 0.254 e. The number of thiophene rings is 1. The number of carbonyl (C=O) groups is 1. The number of sulfonamides is 1. The van der Waals surface area contributed by atoms with Crippen molar-refractivity contribution < 1.29 is 13.2 Å². The molecule has 0 unspecified atom stereocenters. The first kappa shape index (κ1) is 20.9. The first-order chi connectivity index (χ1) is 15.4. The van der Waals surface area contributed by atoms with E-state index in [1.165, 1.54) is 11.3 Å². The standard InChI is InChI=1S/C23H22N4O3S2/c1-15-20(13-26-32(29,30)22-3-2-10-31-22)19-7-9-27(14-18(19)12-25-15)23(28)17-4-5-21-16(11-17)6-8-24-21/h2-6,8,10-12,24,26H,7,9,13-14H2,1H3. The second kappa shape index (κ2) is 8.16. The topological polar surface area (TPSA) is 95.2 Å². The summed E-state index contributed by atoms with van der Waals surface area (Å²) < 4.78 is 28.1. The number of aromatic nitrogens is 2. The van der Waals surface area contributed by atoms with Crippen LogP contribution in [0.15, 0.2) is 58.4 Å². The zero-order valence-electron chi connectivity index (χ0n) is 17.5. The van der Waals surface area contributed by atoms with Crippen LogP contribution in [-0.2, 0) is 29.5 Å². The van der Waals surface area contributed by atoms with Gasteiger partial charge in [-0.25, -0.2) is 13.1 Å². The molecule has 1 aliphatic heterocycles. The number of aromatic amines is 1. The number of aryl methyl sites for hydroxylation is 1. The second-order valence-corrected chi connectivity index (χ2v) is 10.8. The quantitative estimate of drug-likeness (QED) is 0.470. The van der Waals surface area contributed by atoms with Crippen LogP contribution in [0.5, 0.6) is 0 Å². The van der Waals surface area contributed by atoms with Gasteiger partial charge in [-0.2, -0.15) is 0 Å². The summed E-state index contributed by atoms with van der Waals surface area (Å²) >= 11 is 1.19. The molecule has 4 heterocycles. The highest BCUT2D eigenvalue weighted by Gasteiger charge is 2.26. The van der Waals surface area contributed by atoms with Crippen LogP contribution >= 0.6 is 11.3 Å². The summed E-state index contributed by atoms with van der Waals surface area (Å²) in [6, 6.07) is 10.9. The van der Waals surface area contributed by atoms with Crippen LogP contribution in [0.4, 0.5) is 0 Å². The number of fused-ring (bicyclic) bond motifs is 2. The first-order valence-electron chi connectivity index (χ1n) is 10.3. The van der Waals surface area contributed by atoms with Crippen molar-refractivity contribution in [1.82, 2.24) is 19.6 Å². The normalized spacial score (nSPS) is 14.0. The highest BCUT2D eigenvalue weighted by Crippen LogP contribution is 2.26. The zero-order chi connectivity index (χ0) is 22.3. The summed E-state index contributed by atoms with van der Waals surface area (Å²) in [5.41, 5.74) is 5.39. The van der Waals surface area contributed by atoms with E-state index in [1.807, 2.05) is 42.3 Å². The van der Waals surface area contributed by atoms with E-state index < -0.39 is 10.0 Å². The third-order valence-electron chi connectivity index (χ3n) is 5.88. The minimum absolute atomic E-state index is 0.0146. The molecule has 32 heavy (non-hydrogen) atoms. The van der Waals surface area contributed by atoms with Crippen molar-refractivity contribution in [3.8, 4) is 0 Å². The Morgan fingerprint density at radius 3 is 2.97 bits per heavy atom. The maximum absolute atomic E-state index is 13.1. The van der Waals surface area contributed by atoms with Crippen molar-refractivity contribution in [3.63, 3.8) is 0 Å². The van der Waals surface area contributed by atoms with E-state index in [-0.39, 0.29) is 12.5 Å². The van der Waals surface area contributed by atoms with Gasteiger partial charge in [-0.05, 0) is 65.7 Å². The van der Waals surface area contributed by atoms with Gasteiger partial charge >= 0.3 is 0 Å². The Balaban J connectivity index is 1.36. The number of hydrogen-bond acceptors (Lipinski definition) is 5. The van der Waals surface area contributed by atoms with Gasteiger partial charge in [0.2, 0.25) is 10.0 Å². The lowest BCUT2D eigenvalue weighted by molar-refractivity contribution is 0.0734. The van der Waals surface area contributed by atoms with Crippen molar-refractivity contribution >= 4 is 38.2 Å². The predicted molar refractivity (Wildman–Crippen MR) is 124 cm³/mol. The first-order valence-corrected chi connectivity index (χ1v) is 12.6. The number of H-pyrrole nitrogens is 1. The van der Waals surface area contributed by atoms with Gasteiger partial charge in [0.1, 0.15) is 4.21 Å². The minimum Gasteiger partial charge on any atom is -0.361 e. The Labute approximate surface area is 190 Å². The molecule has 0 aliphatic carbocycles. The number of nitrogens with one attached hydrogen (secondary N) is 2. The molecule has 0 bridgehead atoms. The summed E-state index contributed by atoms with van der Waals surface area (Å²) in [5, 5.41) is 2.75. The zero-order valence-corrected chi connectivity index (χ0v) is 19.1. The third-order valence-corrected chi connectivity index (χ3v) is 8.68. The van der Waals surface area contributed by atoms with Gasteiger partial charge in [0.05, 0.1) is 0 Å². The third kappa shape index (κ3) is 3.83. The van der Waals surface area contributed by atoms with Gasteiger partial charge in [-0.15, -0.1) is 11.3 Å². The van der Waals surface area contributed by atoms with Gasteiger partial charge in [0.15, 0.2) is 0 Å². The van der Waals surface area contributed by atoms with Crippen molar-refractivity contribution in [1.29, 1.82) is 0 Å². The fourth-order valence-electron chi connectivity index (χ4n) is 4.15. The van der Waals surface area contributed by atoms with Gasteiger partial charge in [-0.3, -0.25) is 9.78 Å². The van der Waals surface area contributed by atoms with E-state index in [9.17, 15) is 13.2 Å². The molecule has 0 atom stereocenters. The average Bonchev–Trinajstić information content (AvgIpc) is 3.49. The van der Waals surface area contributed by atoms with Crippen LogP contribution in [0.25, 0.3) is 10.9 Å². The highest BCUT2D eigenvalue weighted by molar-refractivity contribution is 7.91. The molecule has 9 heteroatoms. The lowest BCUT2D eigenvalue weighted by Gasteiger charge is -2.30. The monoisotopic (exact) mass is 466 g/mol. The van der Waals surface area contributed by atoms with Crippen molar-refractivity contribution in [2.24, 2.45) is 0 Å². The number of nitrogens with zero attached hydrogens (tertiary/aromatic N) is 2. The maximum Gasteiger partial charge on any atom is 0.254 e. The van der Waals surface area contributed by atoms with E-state index >= 15 is 0 Å². The Hall–Kier alpha value is -3.01. The lowest BCUT2D eigenvalue weighted by Crippen LogP contribution is -2.37. The number of rotatable bonds is 5. The summed E-state index contributed by atoms with van der Waals surface area (Å²) in [5.74, 6) is -0.0146. The van der Waals surface area contributed by atoms with Crippen LogP contribution in [0, 0.1) is 6.92 Å². The summed E-state index contributed by atoms with van der Waals surface area (Å²) in [7, 11) is -3.56. The van der Waals surface area contributed by atoms with Crippen LogP contribution in [-0.4, -0.2) is 35.7 Å². The Bertz CT molecular complexity index is 1410. The molecule has 0 spiro atoms. The molecule has 0 saturated heterocycles. The van der Waals surface area contributed by atoms with E-state index in [0.717, 1.165) is 33.3 Å². The van der Waals surface area contributed by atoms with E-state index in [0.29, 0.717) is 29.3 Å². The van der Waals surface area contributed by atoms with E-state index in [1.54, 1.807) is 23.7 Å². The number of amides is 1. The number of pyridine rings is 1. The molecule has 164 valence electrons. The molecule has 0 radical (unpaired) electrons. The fourth-order valence-corrected chi connectivity index (χ4v) is 6.19. The van der Waals surface area contributed by atoms with Crippen LogP contribution in [0.1, 0.15) is 32.7 Å². The molecular weight excluding hydrogens is 444 g/mol. The van der Waals surface area contributed by atoms with Gasteiger partial charge in [-0.1, -0.05) is 6.07 Å². The van der Waals surface area contributed by atoms with Crippen LogP contribution in [0.2, 0.25) is 0 Å². The van der Waals surface area contributed by atoms with Crippen molar-refractivity contribution in [2.75, 3.05) is 6.54 Å². The summed E-state index contributed by atoms with van der Waals surface area (Å²) in [4.78, 5) is 22.6. The van der Waals surface area contributed by atoms with E-state index in [2.05, 4.69) is 14.7 Å². The molecule has 5 rings (SSSR count). The van der Waals surface area contributed by atoms with Gasteiger partial charge in [0, 0.05) is 54.2 Å². The second-order valence-electron chi connectivity index (χ2n) is 7.84. The fraction of sp³-hybridized carbons (Fsp3) is 0.217. The van der Waals surface area contributed by atoms with Crippen molar-refractivity contribution in [2.45, 2.75) is 30.6 Å². The summed E-state index contributed by atoms with van der Waals surface area (Å²) in [6.45, 7) is 3.10. The molecule has 7 nitrogen and oxygen atoms in total. The SMILES string of the molecule is Cc1ncc2c(c1CNS(=O)(=O)c1cccs1)CCN(C(=O)c1ccc3[nH]ccc3c1)C2. The maximum atomic E-state index is 13.1. The molecular formula is C23H22N4O3S2. The molecule has 1 amide bonds. The van der Waals surface area contributed by atoms with Gasteiger partial charge in [0.25, 0.3) is 5.91 Å². The number of carbonyl (C=O) groups excluding carboxylic acids is 1. The largest absolute Gasteiger partial charge is 0.361 e.